The summed E-state index contributed by atoms with van der Waals surface area (Å²) in [5, 5.41) is 115. The lowest BCUT2D eigenvalue weighted by Gasteiger charge is -2.48. The van der Waals surface area contributed by atoms with Crippen molar-refractivity contribution in [3.8, 4) is 0 Å². The minimum atomic E-state index is -1.99. The van der Waals surface area contributed by atoms with E-state index in [4.69, 9.17) is 47.4 Å². The van der Waals surface area contributed by atoms with Crippen LogP contribution in [-0.2, 0) is 47.4 Å². The maximum Gasteiger partial charge on any atom is 0.187 e. The Labute approximate surface area is 274 Å². The smallest absolute Gasteiger partial charge is 0.187 e. The molecule has 21 nitrogen and oxygen atoms in total. The van der Waals surface area contributed by atoms with Gasteiger partial charge < -0.3 is 104 Å². The number of hydrogen-bond donors (Lipinski definition) is 11. The van der Waals surface area contributed by atoms with Gasteiger partial charge in [0.05, 0.1) is 26.4 Å². The molecule has 4 aliphatic rings. The number of rotatable bonds is 13. The van der Waals surface area contributed by atoms with Crippen molar-refractivity contribution in [3.63, 3.8) is 0 Å². The zero-order chi connectivity index (χ0) is 35.4. The van der Waals surface area contributed by atoms with Crippen molar-refractivity contribution in [2.24, 2.45) is 0 Å². The first-order valence-corrected chi connectivity index (χ1v) is 15.3. The van der Waals surface area contributed by atoms with E-state index in [0.29, 0.717) is 0 Å². The van der Waals surface area contributed by atoms with E-state index in [1.54, 1.807) is 0 Å². The van der Waals surface area contributed by atoms with E-state index in [9.17, 15) is 56.2 Å². The van der Waals surface area contributed by atoms with Crippen molar-refractivity contribution >= 4 is 0 Å². The minimum Gasteiger partial charge on any atom is -0.394 e. The molecule has 0 aliphatic carbocycles. The molecule has 0 amide bonds. The van der Waals surface area contributed by atoms with Crippen LogP contribution in [0.1, 0.15) is 0 Å². The van der Waals surface area contributed by atoms with E-state index in [1.807, 2.05) is 0 Å². The predicted molar refractivity (Wildman–Crippen MR) is 148 cm³/mol. The molecule has 282 valence electrons. The summed E-state index contributed by atoms with van der Waals surface area (Å²) in [6.45, 7) is -2.71. The van der Waals surface area contributed by atoms with Gasteiger partial charge in [-0.2, -0.15) is 0 Å². The van der Waals surface area contributed by atoms with E-state index in [1.165, 1.54) is 21.3 Å². The lowest BCUT2D eigenvalue weighted by Crippen LogP contribution is -2.67. The molecule has 0 bridgehead atoms. The number of hydrogen-bond acceptors (Lipinski definition) is 21. The molecular weight excluding hydrogens is 660 g/mol. The summed E-state index contributed by atoms with van der Waals surface area (Å²) in [6, 6.07) is 0. The van der Waals surface area contributed by atoms with Crippen LogP contribution in [0, 0.1) is 0 Å². The normalized spacial score (nSPS) is 50.4. The van der Waals surface area contributed by atoms with Crippen molar-refractivity contribution in [3.05, 3.63) is 0 Å². The predicted octanol–water partition coefficient (Wildman–Crippen LogP) is -7.79. The van der Waals surface area contributed by atoms with Crippen LogP contribution in [0.15, 0.2) is 0 Å². The number of methoxy groups -OCH3 is 3. The lowest BCUT2D eigenvalue weighted by atomic mass is 9.96. The zero-order valence-corrected chi connectivity index (χ0v) is 26.4. The molecule has 48 heavy (non-hydrogen) atoms. The summed E-state index contributed by atoms with van der Waals surface area (Å²) in [7, 11) is 3.65. The molecule has 20 atom stereocenters. The van der Waals surface area contributed by atoms with Crippen molar-refractivity contribution in [2.45, 2.75) is 123 Å². The Morgan fingerprint density at radius 1 is 0.396 bits per heavy atom. The molecular formula is C27H48O21. The molecule has 8 unspecified atom stereocenters. The first kappa shape index (κ1) is 39.9. The van der Waals surface area contributed by atoms with E-state index in [2.05, 4.69) is 0 Å². The van der Waals surface area contributed by atoms with Gasteiger partial charge in [0.1, 0.15) is 97.7 Å². The molecule has 4 fully saturated rings. The Morgan fingerprint density at radius 2 is 0.729 bits per heavy atom. The van der Waals surface area contributed by atoms with Gasteiger partial charge in [0.2, 0.25) is 0 Å². The molecule has 0 saturated carbocycles. The van der Waals surface area contributed by atoms with Crippen molar-refractivity contribution in [2.75, 3.05) is 47.8 Å². The van der Waals surface area contributed by atoms with Crippen LogP contribution in [0.2, 0.25) is 0 Å². The highest BCUT2D eigenvalue weighted by Crippen LogP contribution is 2.34. The molecule has 21 heteroatoms. The second kappa shape index (κ2) is 17.6. The number of aliphatic hydroxyl groups is 11. The van der Waals surface area contributed by atoms with Gasteiger partial charge >= 0.3 is 0 Å². The third kappa shape index (κ3) is 8.12. The second-order valence-electron chi connectivity index (χ2n) is 11.8. The Bertz CT molecular complexity index is 960. The SMILES string of the molecule is CO[C@H]1C(CO)O[C@@H](O[C@@H]2C(CO[C@H]3OC(CO)[C@H](OC)[C@H](O)C3O)O[C@@H](O[C@@H]3C(CO)O[C@@H](OC)[C@@H](O)C3O)[C@@H](O)C2O)[C@@H](O)C1O. The minimum absolute atomic E-state index is 0.629. The van der Waals surface area contributed by atoms with Crippen LogP contribution < -0.4 is 0 Å². The van der Waals surface area contributed by atoms with Gasteiger partial charge in [0.15, 0.2) is 25.2 Å². The Hall–Kier alpha value is -0.840. The van der Waals surface area contributed by atoms with Gasteiger partial charge in [0.25, 0.3) is 0 Å². The fourth-order valence-electron chi connectivity index (χ4n) is 6.17. The van der Waals surface area contributed by atoms with Gasteiger partial charge in [-0.05, 0) is 0 Å². The van der Waals surface area contributed by atoms with Crippen LogP contribution in [0.3, 0.4) is 0 Å². The maximum absolute atomic E-state index is 11.3. The Kier molecular flexibility index (Phi) is 14.6. The first-order valence-electron chi connectivity index (χ1n) is 15.3. The molecule has 0 aromatic heterocycles. The average Bonchev–Trinajstić information content (AvgIpc) is 3.09. The summed E-state index contributed by atoms with van der Waals surface area (Å²) in [5.41, 5.74) is 0. The van der Waals surface area contributed by atoms with Crippen LogP contribution in [0.25, 0.3) is 0 Å². The van der Waals surface area contributed by atoms with E-state index < -0.39 is 149 Å². The highest BCUT2D eigenvalue weighted by molar-refractivity contribution is 4.97. The van der Waals surface area contributed by atoms with E-state index in [-0.39, 0.29) is 0 Å². The molecule has 0 aromatic carbocycles. The van der Waals surface area contributed by atoms with Gasteiger partial charge in [-0.15, -0.1) is 0 Å². The highest BCUT2D eigenvalue weighted by Gasteiger charge is 2.54. The molecule has 4 heterocycles. The van der Waals surface area contributed by atoms with Crippen LogP contribution >= 0.6 is 0 Å². The second-order valence-corrected chi connectivity index (χ2v) is 11.8. The first-order chi connectivity index (χ1) is 22.9. The van der Waals surface area contributed by atoms with E-state index in [0.717, 1.165) is 0 Å². The fraction of sp³-hybridized carbons (Fsp3) is 1.00. The van der Waals surface area contributed by atoms with Gasteiger partial charge in [-0.25, -0.2) is 0 Å². The van der Waals surface area contributed by atoms with Gasteiger partial charge in [-0.3, -0.25) is 0 Å². The number of aliphatic hydroxyl groups excluding tert-OH is 11. The fourth-order valence-corrected chi connectivity index (χ4v) is 6.17. The number of ether oxygens (including phenoxy) is 10. The monoisotopic (exact) mass is 708 g/mol. The maximum atomic E-state index is 11.3. The van der Waals surface area contributed by atoms with Crippen molar-refractivity contribution in [1.82, 2.24) is 0 Å². The topological polar surface area (TPSA) is 315 Å². The quantitative estimate of drug-likeness (QED) is 0.0846. The highest BCUT2D eigenvalue weighted by atomic mass is 16.8. The molecule has 0 radical (unpaired) electrons. The van der Waals surface area contributed by atoms with Crippen molar-refractivity contribution in [1.29, 1.82) is 0 Å². The van der Waals surface area contributed by atoms with Crippen LogP contribution in [0.4, 0.5) is 0 Å². The van der Waals surface area contributed by atoms with Gasteiger partial charge in [0, 0.05) is 21.3 Å². The van der Waals surface area contributed by atoms with Crippen LogP contribution in [0.5, 0.6) is 0 Å². The summed E-state index contributed by atoms with van der Waals surface area (Å²) in [4.78, 5) is 0. The summed E-state index contributed by atoms with van der Waals surface area (Å²) < 4.78 is 54.8. The lowest BCUT2D eigenvalue weighted by molar-refractivity contribution is -0.384. The largest absolute Gasteiger partial charge is 0.394 e. The molecule has 4 aliphatic heterocycles. The third-order valence-electron chi connectivity index (χ3n) is 8.89. The summed E-state index contributed by atoms with van der Waals surface area (Å²) in [6.07, 6.45) is -31.3. The summed E-state index contributed by atoms with van der Waals surface area (Å²) >= 11 is 0. The molecule has 0 aromatic rings. The van der Waals surface area contributed by atoms with E-state index >= 15 is 0 Å². The Morgan fingerprint density at radius 3 is 1.17 bits per heavy atom. The third-order valence-corrected chi connectivity index (χ3v) is 8.89. The summed E-state index contributed by atoms with van der Waals surface area (Å²) in [5.74, 6) is 0. The molecule has 0 spiro atoms. The van der Waals surface area contributed by atoms with Gasteiger partial charge in [-0.1, -0.05) is 0 Å². The average molecular weight is 709 g/mol. The molecule has 4 saturated heterocycles. The van der Waals surface area contributed by atoms with Crippen LogP contribution in [-0.4, -0.2) is 227 Å². The molecule has 11 N–H and O–H groups in total. The zero-order valence-electron chi connectivity index (χ0n) is 26.4. The van der Waals surface area contributed by atoms with Crippen molar-refractivity contribution < 1.29 is 104 Å². The standard InChI is InChI=1S/C27H48O21/c1-39-20-8(4-28)44-25(17(36)12(20)31)42-7-11-23(48-26-18(37)13(32)21(40-2)9(5-29)45-26)15(34)19(38)27(46-11)47-22-10(6-30)43-24(41-3)16(35)14(22)33/h8-38H,4-7H2,1-3H3/t8?,9?,10?,11?,12-,13?,14?,15?,16+,17?,18+,19+,20+,21+,22-,23-,24-,25+,26+,27+/m1/s1. The Balaban J connectivity index is 1.57. The molecule has 4 rings (SSSR count).